The average Bonchev–Trinajstić information content (AvgIpc) is 1.96. The number of allylic oxidation sites excluding steroid dienone is 3. The van der Waals surface area contributed by atoms with E-state index in [1.54, 1.807) is 0 Å². The molecule has 0 aliphatic heterocycles. The second-order valence-corrected chi connectivity index (χ2v) is 2.08. The Morgan fingerprint density at radius 3 is 2.73 bits per heavy atom. The molecule has 0 rings (SSSR count). The third-order valence-electron chi connectivity index (χ3n) is 1.03. The Labute approximate surface area is 67.6 Å². The van der Waals surface area contributed by atoms with Gasteiger partial charge in [-0.3, -0.25) is 4.79 Å². The number of rotatable bonds is 4. The van der Waals surface area contributed by atoms with Gasteiger partial charge in [0.25, 0.3) is 0 Å². The fraction of sp³-hybridized carbons (Fsp3) is 0.444. The minimum Gasteiger partial charge on any atom is -0.466 e. The Hall–Kier alpha value is -1.05. The molecule has 62 valence electrons. The van der Waals surface area contributed by atoms with Crippen molar-refractivity contribution in [3.8, 4) is 0 Å². The lowest BCUT2D eigenvalue weighted by Crippen LogP contribution is -1.98. The number of carbonyl (C=O) groups is 1. The summed E-state index contributed by atoms with van der Waals surface area (Å²) in [7, 11) is 0. The van der Waals surface area contributed by atoms with Crippen LogP contribution in [0.1, 0.15) is 20.3 Å². The van der Waals surface area contributed by atoms with Crippen LogP contribution >= 0.6 is 0 Å². The van der Waals surface area contributed by atoms with Gasteiger partial charge in [0.05, 0.1) is 6.61 Å². The third-order valence-corrected chi connectivity index (χ3v) is 1.03. The molecule has 0 aliphatic rings. The summed E-state index contributed by atoms with van der Waals surface area (Å²) >= 11 is 0. The zero-order valence-corrected chi connectivity index (χ0v) is 7.04. The molecule has 0 atom stereocenters. The summed E-state index contributed by atoms with van der Waals surface area (Å²) in [5, 5.41) is 0. The van der Waals surface area contributed by atoms with Crippen LogP contribution in [0.15, 0.2) is 24.3 Å². The van der Waals surface area contributed by atoms with Crippen LogP contribution in [0.2, 0.25) is 0 Å². The number of ether oxygens (including phenoxy) is 1. The first-order chi connectivity index (χ1) is 5.27. The Morgan fingerprint density at radius 2 is 2.18 bits per heavy atom. The molecular formula is C9H14O2. The molecule has 0 aromatic carbocycles. The average molecular weight is 154 g/mol. The molecule has 11 heavy (non-hydrogen) atoms. The topological polar surface area (TPSA) is 26.3 Å². The first-order valence-electron chi connectivity index (χ1n) is 3.68. The van der Waals surface area contributed by atoms with Crippen LogP contribution in [0.25, 0.3) is 0 Å². The molecule has 0 aliphatic carbocycles. The Bertz CT molecular complexity index is 157. The van der Waals surface area contributed by atoms with Gasteiger partial charge in [-0.25, -0.2) is 0 Å². The molecule has 0 spiro atoms. The third kappa shape index (κ3) is 8.95. The van der Waals surface area contributed by atoms with Crippen molar-refractivity contribution in [3.63, 3.8) is 0 Å². The molecular weight excluding hydrogens is 140 g/mol. The highest BCUT2D eigenvalue weighted by Gasteiger charge is 1.87. The predicted octanol–water partition coefficient (Wildman–Crippen LogP) is 2.07. The minimum atomic E-state index is -0.218. The quantitative estimate of drug-likeness (QED) is 0.352. The maximum Gasteiger partial charge on any atom is 0.302 e. The summed E-state index contributed by atoms with van der Waals surface area (Å²) in [5.74, 6) is -0.218. The molecule has 0 aromatic rings. The lowest BCUT2D eigenvalue weighted by atomic mass is 10.4. The molecule has 0 aromatic heterocycles. The van der Waals surface area contributed by atoms with Gasteiger partial charge in [0.15, 0.2) is 0 Å². The molecule has 0 fully saturated rings. The van der Waals surface area contributed by atoms with Crippen molar-refractivity contribution < 1.29 is 9.53 Å². The van der Waals surface area contributed by atoms with Gasteiger partial charge in [0.2, 0.25) is 0 Å². The number of hydrogen-bond acceptors (Lipinski definition) is 2. The number of esters is 1. The SMILES string of the molecule is CC=CC=CCCOC(C)=O. The second kappa shape index (κ2) is 7.06. The Kier molecular flexibility index (Phi) is 6.39. The molecule has 2 nitrogen and oxygen atoms in total. The molecule has 0 saturated carbocycles. The highest BCUT2D eigenvalue weighted by molar-refractivity contribution is 5.65. The van der Waals surface area contributed by atoms with Crippen LogP contribution in [0, 0.1) is 0 Å². The van der Waals surface area contributed by atoms with Gasteiger partial charge >= 0.3 is 5.97 Å². The van der Waals surface area contributed by atoms with E-state index in [-0.39, 0.29) is 5.97 Å². The molecule has 0 unspecified atom stereocenters. The fourth-order valence-electron chi connectivity index (χ4n) is 0.557. The van der Waals surface area contributed by atoms with E-state index in [2.05, 4.69) is 0 Å². The fourth-order valence-corrected chi connectivity index (χ4v) is 0.557. The van der Waals surface area contributed by atoms with Gasteiger partial charge in [0.1, 0.15) is 0 Å². The van der Waals surface area contributed by atoms with E-state index in [1.807, 2.05) is 31.2 Å². The summed E-state index contributed by atoms with van der Waals surface area (Å²) in [6.07, 6.45) is 8.56. The zero-order valence-electron chi connectivity index (χ0n) is 7.04. The summed E-state index contributed by atoms with van der Waals surface area (Å²) < 4.78 is 4.71. The van der Waals surface area contributed by atoms with Crippen LogP contribution in [0.3, 0.4) is 0 Å². The minimum absolute atomic E-state index is 0.218. The summed E-state index contributed by atoms with van der Waals surface area (Å²) in [5.41, 5.74) is 0. The van der Waals surface area contributed by atoms with Crippen molar-refractivity contribution >= 4 is 5.97 Å². The van der Waals surface area contributed by atoms with Gasteiger partial charge < -0.3 is 4.74 Å². The normalized spacial score (nSPS) is 11.1. The maximum atomic E-state index is 10.3. The maximum absolute atomic E-state index is 10.3. The van der Waals surface area contributed by atoms with Gasteiger partial charge in [0, 0.05) is 6.92 Å². The van der Waals surface area contributed by atoms with E-state index in [0.29, 0.717) is 6.61 Å². The molecule has 2 heteroatoms. The molecule has 0 heterocycles. The molecule has 0 bridgehead atoms. The van der Waals surface area contributed by atoms with E-state index >= 15 is 0 Å². The number of carbonyl (C=O) groups excluding carboxylic acids is 1. The van der Waals surface area contributed by atoms with Crippen LogP contribution in [0.5, 0.6) is 0 Å². The van der Waals surface area contributed by atoms with Crippen molar-refractivity contribution in [2.75, 3.05) is 6.61 Å². The van der Waals surface area contributed by atoms with Crippen molar-refractivity contribution in [3.05, 3.63) is 24.3 Å². The predicted molar refractivity (Wildman–Crippen MR) is 45.2 cm³/mol. The summed E-state index contributed by atoms with van der Waals surface area (Å²) in [6, 6.07) is 0. The molecule has 0 saturated heterocycles. The monoisotopic (exact) mass is 154 g/mol. The zero-order chi connectivity index (χ0) is 8.53. The van der Waals surface area contributed by atoms with Crippen molar-refractivity contribution in [2.45, 2.75) is 20.3 Å². The van der Waals surface area contributed by atoms with E-state index in [0.717, 1.165) is 6.42 Å². The van der Waals surface area contributed by atoms with Crippen LogP contribution in [0.4, 0.5) is 0 Å². The first-order valence-corrected chi connectivity index (χ1v) is 3.68. The van der Waals surface area contributed by atoms with Crippen LogP contribution in [-0.4, -0.2) is 12.6 Å². The first kappa shape index (κ1) is 9.95. The van der Waals surface area contributed by atoms with Crippen molar-refractivity contribution in [1.82, 2.24) is 0 Å². The van der Waals surface area contributed by atoms with Crippen molar-refractivity contribution in [1.29, 1.82) is 0 Å². The second-order valence-electron chi connectivity index (χ2n) is 2.08. The lowest BCUT2D eigenvalue weighted by molar-refractivity contribution is -0.140. The molecule has 0 amide bonds. The number of hydrogen-bond donors (Lipinski definition) is 0. The summed E-state index contributed by atoms with van der Waals surface area (Å²) in [6.45, 7) is 3.84. The van der Waals surface area contributed by atoms with Gasteiger partial charge in [-0.15, -0.1) is 0 Å². The van der Waals surface area contributed by atoms with E-state index in [4.69, 9.17) is 4.74 Å². The van der Waals surface area contributed by atoms with Crippen LogP contribution < -0.4 is 0 Å². The Morgan fingerprint density at radius 1 is 1.45 bits per heavy atom. The van der Waals surface area contributed by atoms with Gasteiger partial charge in [-0.05, 0) is 13.3 Å². The lowest BCUT2D eigenvalue weighted by Gasteiger charge is -1.95. The largest absolute Gasteiger partial charge is 0.466 e. The standard InChI is InChI=1S/C9H14O2/c1-3-4-5-6-7-8-11-9(2)10/h3-6H,7-8H2,1-2H3. The van der Waals surface area contributed by atoms with E-state index in [1.165, 1.54) is 6.92 Å². The smallest absolute Gasteiger partial charge is 0.302 e. The summed E-state index contributed by atoms with van der Waals surface area (Å²) in [4.78, 5) is 10.3. The van der Waals surface area contributed by atoms with E-state index in [9.17, 15) is 4.79 Å². The highest BCUT2D eigenvalue weighted by Crippen LogP contribution is 1.86. The van der Waals surface area contributed by atoms with Gasteiger partial charge in [-0.2, -0.15) is 0 Å². The highest BCUT2D eigenvalue weighted by atomic mass is 16.5. The molecule has 0 radical (unpaired) electrons. The molecule has 0 N–H and O–H groups in total. The Balaban J connectivity index is 3.20. The van der Waals surface area contributed by atoms with Crippen LogP contribution in [-0.2, 0) is 9.53 Å². The van der Waals surface area contributed by atoms with Gasteiger partial charge in [-0.1, -0.05) is 24.3 Å². The van der Waals surface area contributed by atoms with Crippen molar-refractivity contribution in [2.24, 2.45) is 0 Å². The van der Waals surface area contributed by atoms with E-state index < -0.39 is 0 Å².